The first-order chi connectivity index (χ1) is 14.4. The highest BCUT2D eigenvalue weighted by molar-refractivity contribution is 5.92. The number of amides is 2. The Kier molecular flexibility index (Phi) is 5.31. The smallest absolute Gasteiger partial charge is 0.323 e. The van der Waals surface area contributed by atoms with Crippen LogP contribution in [0.4, 0.5) is 25.1 Å². The fraction of sp³-hybridized carbons (Fsp3) is 0.227. The lowest BCUT2D eigenvalue weighted by Gasteiger charge is -2.18. The van der Waals surface area contributed by atoms with Crippen LogP contribution in [0.1, 0.15) is 23.6 Å². The zero-order chi connectivity index (χ0) is 21.3. The number of anilines is 2. The Morgan fingerprint density at radius 3 is 2.77 bits per heavy atom. The third kappa shape index (κ3) is 4.07. The molecule has 1 aromatic carbocycles. The van der Waals surface area contributed by atoms with Crippen molar-refractivity contribution in [3.05, 3.63) is 71.6 Å². The number of hydrogen-bond donors (Lipinski definition) is 2. The number of carbonyl (C=O) groups excluding carboxylic acids is 1. The Hall–Kier alpha value is -3.55. The van der Waals surface area contributed by atoms with E-state index in [1.165, 1.54) is 18.2 Å². The minimum atomic E-state index is -0.737. The average Bonchev–Trinajstić information content (AvgIpc) is 3.21. The minimum Gasteiger partial charge on any atom is -0.396 e. The van der Waals surface area contributed by atoms with Gasteiger partial charge in [0.25, 0.3) is 0 Å². The Bertz CT molecular complexity index is 1090. The van der Waals surface area contributed by atoms with Gasteiger partial charge in [-0.25, -0.2) is 18.6 Å². The number of hydrogen-bond acceptors (Lipinski definition) is 4. The zero-order valence-electron chi connectivity index (χ0n) is 16.4. The lowest BCUT2D eigenvalue weighted by Crippen LogP contribution is -2.33. The molecule has 6 nitrogen and oxygen atoms in total. The molecule has 0 saturated carbocycles. The lowest BCUT2D eigenvalue weighted by atomic mass is 10.0. The van der Waals surface area contributed by atoms with Gasteiger partial charge in [0.15, 0.2) is 5.82 Å². The Labute approximate surface area is 172 Å². The van der Waals surface area contributed by atoms with E-state index in [0.29, 0.717) is 13.1 Å². The molecule has 1 fully saturated rings. The summed E-state index contributed by atoms with van der Waals surface area (Å²) in [6, 6.07) is 9.97. The van der Waals surface area contributed by atoms with E-state index in [-0.39, 0.29) is 34.7 Å². The molecule has 30 heavy (non-hydrogen) atoms. The van der Waals surface area contributed by atoms with Crippen LogP contribution in [0.3, 0.4) is 0 Å². The summed E-state index contributed by atoms with van der Waals surface area (Å²) in [6.45, 7) is 3.08. The fourth-order valence-corrected chi connectivity index (χ4v) is 3.54. The molecule has 4 rings (SSSR count). The Morgan fingerprint density at radius 1 is 1.20 bits per heavy atom. The zero-order valence-corrected chi connectivity index (χ0v) is 16.4. The topological polar surface area (TPSA) is 84.1 Å². The van der Waals surface area contributed by atoms with Crippen LogP contribution in [-0.4, -0.2) is 34.0 Å². The van der Waals surface area contributed by atoms with Crippen molar-refractivity contribution in [1.29, 1.82) is 0 Å². The molecule has 2 aromatic heterocycles. The Morgan fingerprint density at radius 2 is 2.03 bits per heavy atom. The average molecular weight is 409 g/mol. The number of benzene rings is 1. The van der Waals surface area contributed by atoms with E-state index in [1.54, 1.807) is 4.90 Å². The highest BCUT2D eigenvalue weighted by Gasteiger charge is 2.28. The van der Waals surface area contributed by atoms with Gasteiger partial charge in [-0.15, -0.1) is 0 Å². The second-order valence-corrected chi connectivity index (χ2v) is 7.35. The van der Waals surface area contributed by atoms with Crippen molar-refractivity contribution < 1.29 is 13.6 Å². The number of aryl methyl sites for hydroxylation is 1. The van der Waals surface area contributed by atoms with Crippen LogP contribution in [0.5, 0.6) is 0 Å². The maximum Gasteiger partial charge on any atom is 0.323 e. The standard InChI is InChI=1S/C22H21F2N5O/c1-13-2-3-14(11-26-13)15-8-9-29(12-15)22(30)28-21-19(25)6-7-20(27-21)17-5-4-16(23)10-18(17)24/h2-7,10-11,15H,8-9,12,25H2,1H3,(H,27,28,30). The molecule has 1 saturated heterocycles. The van der Waals surface area contributed by atoms with Crippen molar-refractivity contribution in [3.63, 3.8) is 0 Å². The molecule has 0 aliphatic carbocycles. The number of carbonyl (C=O) groups is 1. The molecular formula is C22H21F2N5O. The van der Waals surface area contributed by atoms with E-state index in [0.717, 1.165) is 29.8 Å². The van der Waals surface area contributed by atoms with Crippen LogP contribution in [0.25, 0.3) is 11.3 Å². The number of aromatic nitrogens is 2. The SMILES string of the molecule is Cc1ccc(C2CCN(C(=O)Nc3nc(-c4ccc(F)cc4F)ccc3N)C2)cn1. The lowest BCUT2D eigenvalue weighted by molar-refractivity contribution is 0.222. The van der Waals surface area contributed by atoms with E-state index >= 15 is 0 Å². The molecule has 2 amide bonds. The number of nitrogens with zero attached hydrogens (tertiary/aromatic N) is 3. The molecule has 1 aliphatic rings. The first-order valence-corrected chi connectivity index (χ1v) is 9.61. The van der Waals surface area contributed by atoms with Crippen molar-refractivity contribution in [2.24, 2.45) is 0 Å². The molecule has 1 aliphatic heterocycles. The summed E-state index contributed by atoms with van der Waals surface area (Å²) in [5.41, 5.74) is 8.63. The van der Waals surface area contributed by atoms with E-state index in [1.807, 2.05) is 25.3 Å². The molecule has 0 radical (unpaired) electrons. The first-order valence-electron chi connectivity index (χ1n) is 9.61. The number of nitrogen functional groups attached to an aromatic ring is 1. The molecule has 1 unspecified atom stereocenters. The van der Waals surface area contributed by atoms with Gasteiger partial charge < -0.3 is 10.6 Å². The summed E-state index contributed by atoms with van der Waals surface area (Å²) in [6.07, 6.45) is 2.68. The highest BCUT2D eigenvalue weighted by atomic mass is 19.1. The van der Waals surface area contributed by atoms with Crippen molar-refractivity contribution in [1.82, 2.24) is 14.9 Å². The van der Waals surface area contributed by atoms with Gasteiger partial charge in [0, 0.05) is 42.5 Å². The van der Waals surface area contributed by atoms with Gasteiger partial charge in [-0.1, -0.05) is 6.07 Å². The van der Waals surface area contributed by atoms with Crippen LogP contribution in [0.15, 0.2) is 48.7 Å². The predicted molar refractivity (Wildman–Crippen MR) is 111 cm³/mol. The summed E-state index contributed by atoms with van der Waals surface area (Å²) in [5, 5.41) is 2.71. The number of rotatable bonds is 3. The number of nitrogens with two attached hydrogens (primary N) is 1. The van der Waals surface area contributed by atoms with Crippen LogP contribution < -0.4 is 11.1 Å². The predicted octanol–water partition coefficient (Wildman–Crippen LogP) is 4.33. The second-order valence-electron chi connectivity index (χ2n) is 7.35. The van der Waals surface area contributed by atoms with Gasteiger partial charge in [-0.2, -0.15) is 0 Å². The normalized spacial score (nSPS) is 16.0. The molecule has 0 spiro atoms. The summed E-state index contributed by atoms with van der Waals surface area (Å²) >= 11 is 0. The largest absolute Gasteiger partial charge is 0.396 e. The van der Waals surface area contributed by atoms with Crippen LogP contribution in [0, 0.1) is 18.6 Å². The van der Waals surface area contributed by atoms with Crippen LogP contribution >= 0.6 is 0 Å². The summed E-state index contributed by atoms with van der Waals surface area (Å²) in [4.78, 5) is 23.0. The maximum atomic E-state index is 14.1. The van der Waals surface area contributed by atoms with Gasteiger partial charge in [-0.05, 0) is 49.2 Å². The monoisotopic (exact) mass is 409 g/mol. The number of urea groups is 1. The first kappa shape index (κ1) is 19.8. The van der Waals surface area contributed by atoms with Gasteiger partial charge >= 0.3 is 6.03 Å². The number of halogens is 2. The van der Waals surface area contributed by atoms with E-state index < -0.39 is 11.6 Å². The van der Waals surface area contributed by atoms with Gasteiger partial charge in [0.1, 0.15) is 11.6 Å². The van der Waals surface area contributed by atoms with Crippen molar-refractivity contribution in [2.75, 3.05) is 24.1 Å². The quantitative estimate of drug-likeness (QED) is 0.674. The summed E-state index contributed by atoms with van der Waals surface area (Å²) < 4.78 is 27.3. The van der Waals surface area contributed by atoms with Gasteiger partial charge in [-0.3, -0.25) is 10.3 Å². The maximum absolute atomic E-state index is 14.1. The van der Waals surface area contributed by atoms with Gasteiger partial charge in [0.2, 0.25) is 0 Å². The molecule has 8 heteroatoms. The fourth-order valence-electron chi connectivity index (χ4n) is 3.54. The molecule has 3 heterocycles. The molecule has 1 atom stereocenters. The van der Waals surface area contributed by atoms with E-state index in [4.69, 9.17) is 5.73 Å². The second kappa shape index (κ2) is 8.06. The minimum absolute atomic E-state index is 0.125. The number of pyridine rings is 2. The molecular weight excluding hydrogens is 388 g/mol. The van der Waals surface area contributed by atoms with E-state index in [9.17, 15) is 13.6 Å². The summed E-state index contributed by atoms with van der Waals surface area (Å²) in [5.74, 6) is -1.05. The Balaban J connectivity index is 1.49. The van der Waals surface area contributed by atoms with E-state index in [2.05, 4.69) is 15.3 Å². The number of nitrogens with one attached hydrogen (secondary N) is 1. The van der Waals surface area contributed by atoms with Crippen LogP contribution in [-0.2, 0) is 0 Å². The molecule has 154 valence electrons. The number of likely N-dealkylation sites (tertiary alicyclic amines) is 1. The third-order valence-electron chi connectivity index (χ3n) is 5.24. The third-order valence-corrected chi connectivity index (χ3v) is 5.24. The highest BCUT2D eigenvalue weighted by Crippen LogP contribution is 2.29. The van der Waals surface area contributed by atoms with Gasteiger partial charge in [0.05, 0.1) is 11.4 Å². The van der Waals surface area contributed by atoms with Crippen molar-refractivity contribution in [2.45, 2.75) is 19.3 Å². The van der Waals surface area contributed by atoms with Crippen molar-refractivity contribution in [3.8, 4) is 11.3 Å². The van der Waals surface area contributed by atoms with Crippen molar-refractivity contribution >= 4 is 17.5 Å². The van der Waals surface area contributed by atoms with Crippen LogP contribution in [0.2, 0.25) is 0 Å². The molecule has 0 bridgehead atoms. The summed E-state index contributed by atoms with van der Waals surface area (Å²) in [7, 11) is 0. The molecule has 3 aromatic rings. The molecule has 3 N–H and O–H groups in total.